The van der Waals surface area contributed by atoms with Gasteiger partial charge < -0.3 is 14.7 Å². The number of likely N-dealkylation sites (tertiary alicyclic amines) is 1. The summed E-state index contributed by atoms with van der Waals surface area (Å²) in [6.07, 6.45) is 4.08. The van der Waals surface area contributed by atoms with E-state index >= 15 is 0 Å². The number of piperidine rings is 1. The zero-order valence-corrected chi connectivity index (χ0v) is 18.1. The van der Waals surface area contributed by atoms with Crippen molar-refractivity contribution in [2.75, 3.05) is 26.2 Å². The fraction of sp³-hybridized carbons (Fsp3) is 0.591. The summed E-state index contributed by atoms with van der Waals surface area (Å²) in [6, 6.07) is 8.20. The molecule has 2 aliphatic heterocycles. The monoisotopic (exact) mass is 418 g/mol. The van der Waals surface area contributed by atoms with E-state index in [0.29, 0.717) is 0 Å². The summed E-state index contributed by atoms with van der Waals surface area (Å²) in [7, 11) is 0. The maximum Gasteiger partial charge on any atom is 0.253 e. The minimum absolute atomic E-state index is 0. The molecule has 29 heavy (non-hydrogen) atoms. The van der Waals surface area contributed by atoms with Gasteiger partial charge in [0.05, 0.1) is 0 Å². The Morgan fingerprint density at radius 2 is 1.93 bits per heavy atom. The molecule has 6 nitrogen and oxygen atoms in total. The maximum atomic E-state index is 12.9. The second kappa shape index (κ2) is 9.72. The van der Waals surface area contributed by atoms with Crippen molar-refractivity contribution in [2.24, 2.45) is 5.92 Å². The molecule has 0 spiro atoms. The molecule has 3 heterocycles. The second-order valence-corrected chi connectivity index (χ2v) is 8.47. The zero-order chi connectivity index (χ0) is 19.5. The Morgan fingerprint density at radius 1 is 1.21 bits per heavy atom. The molecule has 0 radical (unpaired) electrons. The van der Waals surface area contributed by atoms with Crippen LogP contribution in [0, 0.1) is 5.92 Å². The summed E-state index contributed by atoms with van der Waals surface area (Å²) in [4.78, 5) is 19.3. The van der Waals surface area contributed by atoms with Gasteiger partial charge in [-0.05, 0) is 62.4 Å². The summed E-state index contributed by atoms with van der Waals surface area (Å²) in [6.45, 7) is 7.82. The van der Waals surface area contributed by atoms with Crippen LogP contribution in [0.5, 0.6) is 0 Å². The van der Waals surface area contributed by atoms with Crippen molar-refractivity contribution in [3.05, 3.63) is 47.1 Å². The molecule has 1 amide bonds. The van der Waals surface area contributed by atoms with Gasteiger partial charge in [-0.3, -0.25) is 4.79 Å². The van der Waals surface area contributed by atoms with E-state index in [0.717, 1.165) is 68.6 Å². The fourth-order valence-corrected chi connectivity index (χ4v) is 4.17. The molecule has 1 unspecified atom stereocenters. The Morgan fingerprint density at radius 3 is 2.52 bits per heavy atom. The predicted molar refractivity (Wildman–Crippen MR) is 115 cm³/mol. The van der Waals surface area contributed by atoms with Gasteiger partial charge >= 0.3 is 0 Å². The lowest BCUT2D eigenvalue weighted by Gasteiger charge is -2.30. The molecule has 4 rings (SSSR count). The number of hydrogen-bond donors (Lipinski definition) is 1. The van der Waals surface area contributed by atoms with E-state index in [1.807, 2.05) is 17.0 Å². The Kier molecular flexibility index (Phi) is 7.30. The Balaban J connectivity index is 0.00000240. The minimum Gasteiger partial charge on any atom is -0.339 e. The summed E-state index contributed by atoms with van der Waals surface area (Å²) < 4.78 is 5.44. The van der Waals surface area contributed by atoms with E-state index in [4.69, 9.17) is 4.52 Å². The SMILES string of the molecule is CC(C)c1noc(C2CCN(C(=O)c3ccc(CC4CCNC4)cc3)CC2)n1.Cl. The highest BCUT2D eigenvalue weighted by Crippen LogP contribution is 2.28. The van der Waals surface area contributed by atoms with E-state index in [-0.39, 0.29) is 30.2 Å². The van der Waals surface area contributed by atoms with Crippen LogP contribution in [0.4, 0.5) is 0 Å². The van der Waals surface area contributed by atoms with Crippen LogP contribution in [0.3, 0.4) is 0 Å². The van der Waals surface area contributed by atoms with Gasteiger partial charge in [0.1, 0.15) is 0 Å². The molecule has 2 aromatic rings. The first-order chi connectivity index (χ1) is 13.6. The Labute approximate surface area is 178 Å². The maximum absolute atomic E-state index is 12.9. The van der Waals surface area contributed by atoms with E-state index in [9.17, 15) is 4.79 Å². The van der Waals surface area contributed by atoms with Crippen molar-refractivity contribution in [3.63, 3.8) is 0 Å². The van der Waals surface area contributed by atoms with Crippen LogP contribution in [0.1, 0.15) is 72.6 Å². The number of carbonyl (C=O) groups excluding carboxylic acids is 1. The van der Waals surface area contributed by atoms with Gasteiger partial charge in [-0.15, -0.1) is 12.4 Å². The fourth-order valence-electron chi connectivity index (χ4n) is 4.17. The third kappa shape index (κ3) is 5.17. The van der Waals surface area contributed by atoms with Crippen molar-refractivity contribution >= 4 is 18.3 Å². The molecule has 0 aliphatic carbocycles. The quantitative estimate of drug-likeness (QED) is 0.799. The number of hydrogen-bond acceptors (Lipinski definition) is 5. The summed E-state index contributed by atoms with van der Waals surface area (Å²) in [5, 5.41) is 7.48. The summed E-state index contributed by atoms with van der Waals surface area (Å²) in [5.74, 6) is 2.87. The lowest BCUT2D eigenvalue weighted by Crippen LogP contribution is -2.38. The molecule has 2 saturated heterocycles. The third-order valence-corrected chi connectivity index (χ3v) is 5.99. The lowest BCUT2D eigenvalue weighted by molar-refractivity contribution is 0.0704. The van der Waals surface area contributed by atoms with Crippen molar-refractivity contribution in [1.82, 2.24) is 20.4 Å². The van der Waals surface area contributed by atoms with E-state index in [1.54, 1.807) is 0 Å². The lowest BCUT2D eigenvalue weighted by atomic mass is 9.95. The van der Waals surface area contributed by atoms with Crippen molar-refractivity contribution in [1.29, 1.82) is 0 Å². The van der Waals surface area contributed by atoms with E-state index < -0.39 is 0 Å². The first-order valence-corrected chi connectivity index (χ1v) is 10.5. The first-order valence-electron chi connectivity index (χ1n) is 10.5. The highest BCUT2D eigenvalue weighted by molar-refractivity contribution is 5.94. The molecule has 0 saturated carbocycles. The van der Waals surface area contributed by atoms with Gasteiger partial charge in [0.25, 0.3) is 5.91 Å². The van der Waals surface area contributed by atoms with Crippen LogP contribution < -0.4 is 5.32 Å². The molecule has 1 N–H and O–H groups in total. The van der Waals surface area contributed by atoms with Crippen molar-refractivity contribution in [2.45, 2.75) is 51.4 Å². The summed E-state index contributed by atoms with van der Waals surface area (Å²) in [5.41, 5.74) is 2.10. The number of amides is 1. The highest BCUT2D eigenvalue weighted by atomic mass is 35.5. The highest BCUT2D eigenvalue weighted by Gasteiger charge is 2.28. The average Bonchev–Trinajstić information content (AvgIpc) is 3.40. The molecular weight excluding hydrogens is 388 g/mol. The van der Waals surface area contributed by atoms with Crippen LogP contribution in [0.25, 0.3) is 0 Å². The van der Waals surface area contributed by atoms with Crippen LogP contribution in [0.2, 0.25) is 0 Å². The van der Waals surface area contributed by atoms with Gasteiger partial charge in [0.2, 0.25) is 5.89 Å². The topological polar surface area (TPSA) is 71.3 Å². The molecule has 7 heteroatoms. The standard InChI is InChI=1S/C22H30N4O2.ClH/c1-15(2)20-24-21(28-25-20)18-8-11-26(12-9-18)22(27)19-5-3-16(4-6-19)13-17-7-10-23-14-17;/h3-6,15,17-18,23H,7-14H2,1-2H3;1H. The van der Waals surface area contributed by atoms with Gasteiger partial charge in [0, 0.05) is 30.5 Å². The molecule has 2 aliphatic rings. The molecule has 0 bridgehead atoms. The Bertz CT molecular complexity index is 791. The number of benzene rings is 1. The van der Waals surface area contributed by atoms with E-state index in [2.05, 4.69) is 41.4 Å². The number of aromatic nitrogens is 2. The number of nitrogens with one attached hydrogen (secondary N) is 1. The first kappa shape index (κ1) is 21.8. The van der Waals surface area contributed by atoms with Crippen molar-refractivity contribution < 1.29 is 9.32 Å². The molecule has 2 fully saturated rings. The predicted octanol–water partition coefficient (Wildman–Crippen LogP) is 3.79. The van der Waals surface area contributed by atoms with Gasteiger partial charge in [-0.1, -0.05) is 31.1 Å². The summed E-state index contributed by atoms with van der Waals surface area (Å²) >= 11 is 0. The van der Waals surface area contributed by atoms with Crippen molar-refractivity contribution in [3.8, 4) is 0 Å². The second-order valence-electron chi connectivity index (χ2n) is 8.47. The van der Waals surface area contributed by atoms with Gasteiger partial charge in [0.15, 0.2) is 5.82 Å². The van der Waals surface area contributed by atoms with Crippen LogP contribution >= 0.6 is 12.4 Å². The minimum atomic E-state index is 0. The smallest absolute Gasteiger partial charge is 0.253 e. The van der Waals surface area contributed by atoms with E-state index in [1.165, 1.54) is 12.0 Å². The molecular formula is C22H31ClN4O2. The number of halogens is 1. The Hall–Kier alpha value is -1.92. The molecule has 1 aromatic heterocycles. The average molecular weight is 419 g/mol. The zero-order valence-electron chi connectivity index (χ0n) is 17.3. The van der Waals surface area contributed by atoms with Crippen LogP contribution in [0.15, 0.2) is 28.8 Å². The molecule has 1 atom stereocenters. The molecule has 1 aromatic carbocycles. The van der Waals surface area contributed by atoms with Crippen LogP contribution in [-0.4, -0.2) is 47.1 Å². The normalized spacial score (nSPS) is 20.1. The number of carbonyl (C=O) groups is 1. The van der Waals surface area contributed by atoms with Crippen LogP contribution in [-0.2, 0) is 6.42 Å². The number of rotatable bonds is 5. The largest absolute Gasteiger partial charge is 0.339 e. The third-order valence-electron chi connectivity index (χ3n) is 5.99. The van der Waals surface area contributed by atoms with Gasteiger partial charge in [-0.2, -0.15) is 4.98 Å². The van der Waals surface area contributed by atoms with Gasteiger partial charge in [-0.25, -0.2) is 0 Å². The molecule has 158 valence electrons. The number of nitrogens with zero attached hydrogens (tertiary/aromatic N) is 3.